The number of imidazole rings is 1. The number of allylic oxidation sites excluding steroid dienone is 4. The quantitative estimate of drug-likeness (QED) is 0.192. The van der Waals surface area contributed by atoms with Gasteiger partial charge in [-0.2, -0.15) is 0 Å². The Balaban J connectivity index is 1.08. The summed E-state index contributed by atoms with van der Waals surface area (Å²) in [5, 5.41) is 2.25. The van der Waals surface area contributed by atoms with Gasteiger partial charge in [0.05, 0.1) is 11.2 Å². The molecule has 0 spiro atoms. The van der Waals surface area contributed by atoms with Gasteiger partial charge in [0.2, 0.25) is 0 Å². The number of rotatable bonds is 3. The van der Waals surface area contributed by atoms with Crippen molar-refractivity contribution in [2.24, 2.45) is 0 Å². The van der Waals surface area contributed by atoms with Crippen LogP contribution in [-0.4, -0.2) is 19.1 Å². The Morgan fingerprint density at radius 1 is 0.792 bits per heavy atom. The van der Waals surface area contributed by atoms with Crippen molar-refractivity contribution in [1.29, 1.82) is 0 Å². The van der Waals surface area contributed by atoms with Crippen molar-refractivity contribution in [2.45, 2.75) is 47.1 Å². The predicted octanol–water partition coefficient (Wildman–Crippen LogP) is 10.5. The van der Waals surface area contributed by atoms with Crippen molar-refractivity contribution >= 4 is 33.7 Å². The van der Waals surface area contributed by atoms with Crippen LogP contribution in [0.3, 0.4) is 0 Å². The zero-order chi connectivity index (χ0) is 32.1. The van der Waals surface area contributed by atoms with Crippen molar-refractivity contribution in [3.63, 3.8) is 0 Å². The van der Waals surface area contributed by atoms with Crippen LogP contribution < -0.4 is 0 Å². The van der Waals surface area contributed by atoms with Crippen LogP contribution in [0.25, 0.3) is 33.3 Å². The van der Waals surface area contributed by atoms with E-state index in [4.69, 9.17) is 9.97 Å². The molecule has 4 aromatic carbocycles. The lowest BCUT2D eigenvalue weighted by atomic mass is 9.77. The molecule has 0 saturated carbocycles. The van der Waals surface area contributed by atoms with Crippen LogP contribution in [0.5, 0.6) is 0 Å². The third-order valence-corrected chi connectivity index (χ3v) is 11.7. The zero-order valence-electron chi connectivity index (χ0n) is 26.5. The molecule has 3 aromatic heterocycles. The maximum atomic E-state index is 16.7. The lowest BCUT2D eigenvalue weighted by Crippen LogP contribution is -2.23. The first-order chi connectivity index (χ1) is 23.5. The van der Waals surface area contributed by atoms with E-state index in [9.17, 15) is 0 Å². The van der Waals surface area contributed by atoms with E-state index in [-0.39, 0.29) is 17.3 Å². The number of para-hydroxylation sites is 1. The molecule has 3 aliphatic rings. The smallest absolute Gasteiger partial charge is 0.150 e. The maximum Gasteiger partial charge on any atom is 0.150 e. The van der Waals surface area contributed by atoms with Crippen LogP contribution in [0, 0.1) is 0 Å². The molecule has 0 fully saturated rings. The van der Waals surface area contributed by atoms with Gasteiger partial charge in [-0.1, -0.05) is 92.4 Å². The number of aromatic nitrogens is 4. The minimum atomic E-state index is -1.29. The first-order valence-electron chi connectivity index (χ1n) is 16.5. The molecule has 6 heteroatoms. The van der Waals surface area contributed by atoms with Gasteiger partial charge in [-0.25, -0.2) is 14.4 Å². The first-order valence-corrected chi connectivity index (χ1v) is 17.3. The molecule has 1 aliphatic carbocycles. The number of halogens is 1. The van der Waals surface area contributed by atoms with E-state index in [2.05, 4.69) is 108 Å². The Labute approximate surface area is 282 Å². The second kappa shape index (κ2) is 10.1. The molecule has 48 heavy (non-hydrogen) atoms. The fourth-order valence-corrected chi connectivity index (χ4v) is 9.62. The summed E-state index contributed by atoms with van der Waals surface area (Å²) >= 11 is 1.83. The summed E-state index contributed by atoms with van der Waals surface area (Å²) in [5.41, 5.74) is 9.04. The molecule has 3 atom stereocenters. The van der Waals surface area contributed by atoms with Crippen LogP contribution in [0.4, 0.5) is 4.39 Å². The molecule has 4 nitrogen and oxygen atoms in total. The minimum Gasteiger partial charge on any atom is -0.303 e. The second-order valence-corrected chi connectivity index (χ2v) is 14.6. The second-order valence-electron chi connectivity index (χ2n) is 13.5. The van der Waals surface area contributed by atoms with Gasteiger partial charge in [0.1, 0.15) is 11.5 Å². The number of hydrogen-bond donors (Lipinski definition) is 0. The van der Waals surface area contributed by atoms with Gasteiger partial charge in [-0.15, -0.1) is 0 Å². The third kappa shape index (κ3) is 3.90. The largest absolute Gasteiger partial charge is 0.303 e. The van der Waals surface area contributed by atoms with Crippen molar-refractivity contribution in [1.82, 2.24) is 19.1 Å². The van der Waals surface area contributed by atoms with Gasteiger partial charge in [-0.3, -0.25) is 4.57 Å². The molecule has 2 aliphatic heterocycles. The first kappa shape index (κ1) is 27.9. The summed E-state index contributed by atoms with van der Waals surface area (Å²) in [7, 11) is 0. The fourth-order valence-electron chi connectivity index (χ4n) is 8.21. The lowest BCUT2D eigenvalue weighted by Gasteiger charge is -2.34. The Kier molecular flexibility index (Phi) is 5.89. The molecule has 0 N–H and O–H groups in total. The van der Waals surface area contributed by atoms with Gasteiger partial charge in [0.25, 0.3) is 0 Å². The van der Waals surface area contributed by atoms with Crippen LogP contribution >= 0.6 is 11.8 Å². The molecule has 7 aromatic rings. The maximum absolute atomic E-state index is 16.7. The monoisotopic (exact) mass is 642 g/mol. The minimum absolute atomic E-state index is 0.0315. The molecular formula is C42H31FN4S. The van der Waals surface area contributed by atoms with E-state index in [1.807, 2.05) is 60.7 Å². The topological polar surface area (TPSA) is 35.6 Å². The zero-order valence-corrected chi connectivity index (χ0v) is 27.3. The highest BCUT2D eigenvalue weighted by Crippen LogP contribution is 2.51. The van der Waals surface area contributed by atoms with E-state index in [0.717, 1.165) is 39.1 Å². The van der Waals surface area contributed by atoms with E-state index in [0.29, 0.717) is 11.1 Å². The highest BCUT2D eigenvalue weighted by molar-refractivity contribution is 7.99. The van der Waals surface area contributed by atoms with Crippen molar-refractivity contribution in [2.75, 3.05) is 0 Å². The molecule has 5 heterocycles. The Morgan fingerprint density at radius 3 is 2.60 bits per heavy atom. The molecule has 0 radical (unpaired) electrons. The SMILES string of the molecule is CC1(C)c2ccccc2Sc2cc3c(cc21)c1cccnc1n3-c1cccc(C(F)C2=CC3c4nccn4-c4ccccc4C3C=C2)c1. The molecule has 0 saturated heterocycles. The van der Waals surface area contributed by atoms with Crippen molar-refractivity contribution < 1.29 is 4.39 Å². The van der Waals surface area contributed by atoms with E-state index in [1.54, 1.807) is 0 Å². The summed E-state index contributed by atoms with van der Waals surface area (Å²) in [4.78, 5) is 12.1. The van der Waals surface area contributed by atoms with Crippen LogP contribution in [0.1, 0.15) is 59.9 Å². The summed E-state index contributed by atoms with van der Waals surface area (Å²) in [6.45, 7) is 4.63. The van der Waals surface area contributed by atoms with E-state index >= 15 is 4.39 Å². The Bertz CT molecular complexity index is 2520. The summed E-state index contributed by atoms with van der Waals surface area (Å²) in [5.74, 6) is 1.04. The number of fused-ring (bicyclic) bond motifs is 11. The molecule has 0 bridgehead atoms. The summed E-state index contributed by atoms with van der Waals surface area (Å²) < 4.78 is 21.0. The predicted molar refractivity (Wildman–Crippen MR) is 191 cm³/mol. The van der Waals surface area contributed by atoms with Gasteiger partial charge in [0, 0.05) is 62.1 Å². The molecule has 10 rings (SSSR count). The molecular weight excluding hydrogens is 612 g/mol. The van der Waals surface area contributed by atoms with E-state index in [1.165, 1.54) is 26.5 Å². The number of hydrogen-bond acceptors (Lipinski definition) is 3. The van der Waals surface area contributed by atoms with Gasteiger partial charge in [-0.05, 0) is 76.4 Å². The highest BCUT2D eigenvalue weighted by atomic mass is 32.2. The number of alkyl halides is 1. The lowest BCUT2D eigenvalue weighted by molar-refractivity contribution is 0.396. The van der Waals surface area contributed by atoms with Gasteiger partial charge >= 0.3 is 0 Å². The molecule has 3 unspecified atom stereocenters. The van der Waals surface area contributed by atoms with Gasteiger partial charge < -0.3 is 4.57 Å². The number of benzene rings is 4. The Hall–Kier alpha value is -5.20. The normalized spacial score (nSPS) is 19.2. The van der Waals surface area contributed by atoms with Crippen LogP contribution in [0.15, 0.2) is 149 Å². The summed E-state index contributed by atoms with van der Waals surface area (Å²) in [6, 6.07) is 33.9. The molecule has 0 amide bonds. The summed E-state index contributed by atoms with van der Waals surface area (Å²) in [6.07, 6.45) is 10.6. The standard InChI is InChI=1S/C42H31FN4S/c1-42(2)33-13-4-6-15-37(33)48-38-24-36-31(23-34(38)42)30-12-8-18-44-41(30)47(36)27-10-7-9-25(21-27)39(43)26-16-17-28-29-11-3-5-14-35(29)46-20-19-45-40(46)32(28)22-26/h3-24,28,32,39H,1-2H3. The Morgan fingerprint density at radius 2 is 1.67 bits per heavy atom. The fraction of sp³-hybridized carbons (Fsp3) is 0.143. The number of pyridine rings is 1. The highest BCUT2D eigenvalue weighted by Gasteiger charge is 2.36. The van der Waals surface area contributed by atoms with E-state index < -0.39 is 6.17 Å². The molecule has 232 valence electrons. The van der Waals surface area contributed by atoms with Crippen LogP contribution in [0.2, 0.25) is 0 Å². The number of nitrogens with zero attached hydrogens (tertiary/aromatic N) is 4. The van der Waals surface area contributed by atoms with Gasteiger partial charge in [0.15, 0.2) is 6.17 Å². The van der Waals surface area contributed by atoms with Crippen molar-refractivity contribution in [3.05, 3.63) is 168 Å². The third-order valence-electron chi connectivity index (χ3n) is 10.6. The van der Waals surface area contributed by atoms with Crippen molar-refractivity contribution in [3.8, 4) is 11.4 Å². The average Bonchev–Trinajstić information content (AvgIpc) is 3.74. The van der Waals surface area contributed by atoms with Crippen LogP contribution in [-0.2, 0) is 5.41 Å². The average molecular weight is 643 g/mol.